The molecule has 0 aromatic carbocycles. The zero-order valence-electron chi connectivity index (χ0n) is 14.2. The van der Waals surface area contributed by atoms with E-state index in [1.807, 2.05) is 0 Å². The SMILES string of the molecule is CCN(CCCN(C)C)CC(CO)(NC(C)C)C1CC1. The second-order valence-corrected chi connectivity index (χ2v) is 6.91. The van der Waals surface area contributed by atoms with Gasteiger partial charge in [-0.05, 0) is 58.9 Å². The van der Waals surface area contributed by atoms with Crippen LogP contribution in [-0.2, 0) is 0 Å². The number of rotatable bonds is 11. The van der Waals surface area contributed by atoms with Crippen molar-refractivity contribution in [1.29, 1.82) is 0 Å². The van der Waals surface area contributed by atoms with Crippen LogP contribution in [0.3, 0.4) is 0 Å². The Morgan fingerprint density at radius 3 is 2.30 bits per heavy atom. The minimum Gasteiger partial charge on any atom is -0.394 e. The lowest BCUT2D eigenvalue weighted by Crippen LogP contribution is -2.60. The highest BCUT2D eigenvalue weighted by molar-refractivity contribution is 5.03. The number of nitrogens with one attached hydrogen (secondary N) is 1. The maximum Gasteiger partial charge on any atom is 0.0628 e. The molecule has 0 radical (unpaired) electrons. The Kier molecular flexibility index (Phi) is 7.45. The normalized spacial score (nSPS) is 19.1. The summed E-state index contributed by atoms with van der Waals surface area (Å²) in [6.07, 6.45) is 3.71. The Morgan fingerprint density at radius 1 is 1.25 bits per heavy atom. The highest BCUT2D eigenvalue weighted by atomic mass is 16.3. The quantitative estimate of drug-likeness (QED) is 0.602. The van der Waals surface area contributed by atoms with Crippen LogP contribution in [0, 0.1) is 5.92 Å². The molecule has 120 valence electrons. The average molecular weight is 285 g/mol. The molecule has 0 heterocycles. The van der Waals surface area contributed by atoms with Crippen LogP contribution in [0.1, 0.15) is 40.0 Å². The fourth-order valence-electron chi connectivity index (χ4n) is 3.09. The summed E-state index contributed by atoms with van der Waals surface area (Å²) in [7, 11) is 4.25. The van der Waals surface area contributed by atoms with E-state index in [0.717, 1.165) is 26.2 Å². The van der Waals surface area contributed by atoms with Crippen molar-refractivity contribution in [1.82, 2.24) is 15.1 Å². The van der Waals surface area contributed by atoms with Crippen molar-refractivity contribution >= 4 is 0 Å². The fraction of sp³-hybridized carbons (Fsp3) is 1.00. The molecule has 0 spiro atoms. The molecule has 0 amide bonds. The van der Waals surface area contributed by atoms with Gasteiger partial charge in [-0.3, -0.25) is 0 Å². The van der Waals surface area contributed by atoms with Gasteiger partial charge in [0, 0.05) is 12.6 Å². The van der Waals surface area contributed by atoms with E-state index in [1.54, 1.807) is 0 Å². The zero-order chi connectivity index (χ0) is 15.2. The van der Waals surface area contributed by atoms with Gasteiger partial charge in [0.25, 0.3) is 0 Å². The molecule has 0 aromatic heterocycles. The highest BCUT2D eigenvalue weighted by Gasteiger charge is 2.45. The molecule has 1 aliphatic rings. The Bertz CT molecular complexity index is 266. The van der Waals surface area contributed by atoms with Crippen molar-refractivity contribution in [3.63, 3.8) is 0 Å². The summed E-state index contributed by atoms with van der Waals surface area (Å²) in [6, 6.07) is 0.420. The van der Waals surface area contributed by atoms with Gasteiger partial charge in [0.15, 0.2) is 0 Å². The number of likely N-dealkylation sites (N-methyl/N-ethyl adjacent to an activating group) is 1. The van der Waals surface area contributed by atoms with E-state index in [4.69, 9.17) is 0 Å². The fourth-order valence-corrected chi connectivity index (χ4v) is 3.09. The molecule has 1 saturated carbocycles. The maximum absolute atomic E-state index is 10.00. The molecule has 1 unspecified atom stereocenters. The standard InChI is InChI=1S/C16H35N3O/c1-6-19(11-7-10-18(4)5)12-16(13-20,15-8-9-15)17-14(2)3/h14-15,17,20H,6-13H2,1-5H3. The van der Waals surface area contributed by atoms with Crippen molar-refractivity contribution < 1.29 is 5.11 Å². The van der Waals surface area contributed by atoms with Gasteiger partial charge >= 0.3 is 0 Å². The van der Waals surface area contributed by atoms with Gasteiger partial charge in [0.1, 0.15) is 0 Å². The molecule has 1 aliphatic carbocycles. The molecule has 0 aromatic rings. The minimum atomic E-state index is -0.0949. The number of hydrogen-bond donors (Lipinski definition) is 2. The maximum atomic E-state index is 10.00. The van der Waals surface area contributed by atoms with Crippen LogP contribution in [0.2, 0.25) is 0 Å². The van der Waals surface area contributed by atoms with Crippen LogP contribution in [0.5, 0.6) is 0 Å². The monoisotopic (exact) mass is 285 g/mol. The van der Waals surface area contributed by atoms with Crippen LogP contribution >= 0.6 is 0 Å². The van der Waals surface area contributed by atoms with E-state index in [-0.39, 0.29) is 12.1 Å². The van der Waals surface area contributed by atoms with E-state index in [0.29, 0.717) is 12.0 Å². The first kappa shape index (κ1) is 17.9. The summed E-state index contributed by atoms with van der Waals surface area (Å²) in [6.45, 7) is 11.1. The topological polar surface area (TPSA) is 38.7 Å². The van der Waals surface area contributed by atoms with Crippen molar-refractivity contribution in [2.24, 2.45) is 5.92 Å². The number of hydrogen-bond acceptors (Lipinski definition) is 4. The molecule has 1 rings (SSSR count). The van der Waals surface area contributed by atoms with Gasteiger partial charge in [0.2, 0.25) is 0 Å². The van der Waals surface area contributed by atoms with Crippen LogP contribution in [-0.4, -0.2) is 73.4 Å². The highest BCUT2D eigenvalue weighted by Crippen LogP contribution is 2.40. The Labute approximate surface area is 125 Å². The zero-order valence-corrected chi connectivity index (χ0v) is 14.2. The second kappa shape index (κ2) is 8.32. The molecule has 0 aliphatic heterocycles. The largest absolute Gasteiger partial charge is 0.394 e. The van der Waals surface area contributed by atoms with Crippen LogP contribution in [0.15, 0.2) is 0 Å². The Morgan fingerprint density at radius 2 is 1.90 bits per heavy atom. The summed E-state index contributed by atoms with van der Waals surface area (Å²) >= 11 is 0. The predicted molar refractivity (Wildman–Crippen MR) is 86.1 cm³/mol. The van der Waals surface area contributed by atoms with Crippen LogP contribution in [0.25, 0.3) is 0 Å². The van der Waals surface area contributed by atoms with Gasteiger partial charge in [-0.1, -0.05) is 20.8 Å². The lowest BCUT2D eigenvalue weighted by Gasteiger charge is -2.40. The molecule has 4 heteroatoms. The van der Waals surface area contributed by atoms with E-state index in [1.165, 1.54) is 19.3 Å². The van der Waals surface area contributed by atoms with E-state index in [2.05, 4.69) is 50.0 Å². The third kappa shape index (κ3) is 5.68. The smallest absolute Gasteiger partial charge is 0.0628 e. The van der Waals surface area contributed by atoms with Gasteiger partial charge in [-0.15, -0.1) is 0 Å². The van der Waals surface area contributed by atoms with Crippen LogP contribution < -0.4 is 5.32 Å². The first-order chi connectivity index (χ1) is 9.43. The molecule has 20 heavy (non-hydrogen) atoms. The van der Waals surface area contributed by atoms with Gasteiger partial charge in [-0.25, -0.2) is 0 Å². The van der Waals surface area contributed by atoms with E-state index >= 15 is 0 Å². The summed E-state index contributed by atoms with van der Waals surface area (Å²) in [5.74, 6) is 0.651. The summed E-state index contributed by atoms with van der Waals surface area (Å²) in [5, 5.41) is 13.7. The number of nitrogens with zero attached hydrogens (tertiary/aromatic N) is 2. The lowest BCUT2D eigenvalue weighted by molar-refractivity contribution is 0.0841. The molecule has 2 N–H and O–H groups in total. The first-order valence-electron chi connectivity index (χ1n) is 8.19. The lowest BCUT2D eigenvalue weighted by atomic mass is 9.92. The van der Waals surface area contributed by atoms with Crippen molar-refractivity contribution in [2.75, 3.05) is 46.9 Å². The Balaban J connectivity index is 2.56. The Hall–Kier alpha value is -0.160. The van der Waals surface area contributed by atoms with E-state index in [9.17, 15) is 5.11 Å². The molecule has 1 fully saturated rings. The molecule has 0 saturated heterocycles. The van der Waals surface area contributed by atoms with Crippen LogP contribution in [0.4, 0.5) is 0 Å². The van der Waals surface area contributed by atoms with Gasteiger partial charge in [-0.2, -0.15) is 0 Å². The average Bonchev–Trinajstić information content (AvgIpc) is 3.20. The van der Waals surface area contributed by atoms with Gasteiger partial charge < -0.3 is 20.2 Å². The van der Waals surface area contributed by atoms with Crippen molar-refractivity contribution in [3.8, 4) is 0 Å². The minimum absolute atomic E-state index is 0.0949. The molecule has 1 atom stereocenters. The summed E-state index contributed by atoms with van der Waals surface area (Å²) < 4.78 is 0. The number of aliphatic hydroxyl groups is 1. The summed E-state index contributed by atoms with van der Waals surface area (Å²) in [4.78, 5) is 4.73. The van der Waals surface area contributed by atoms with Crippen molar-refractivity contribution in [3.05, 3.63) is 0 Å². The molecule has 4 nitrogen and oxygen atoms in total. The third-order valence-electron chi connectivity index (χ3n) is 4.25. The second-order valence-electron chi connectivity index (χ2n) is 6.91. The van der Waals surface area contributed by atoms with Gasteiger partial charge in [0.05, 0.1) is 12.1 Å². The molecular weight excluding hydrogens is 250 g/mol. The molecular formula is C16H35N3O. The molecule has 0 bridgehead atoms. The summed E-state index contributed by atoms with van der Waals surface area (Å²) in [5.41, 5.74) is -0.0949. The third-order valence-corrected chi connectivity index (χ3v) is 4.25. The predicted octanol–water partition coefficient (Wildman–Crippen LogP) is 1.40. The number of aliphatic hydroxyl groups excluding tert-OH is 1. The first-order valence-corrected chi connectivity index (χ1v) is 8.19. The van der Waals surface area contributed by atoms with E-state index < -0.39 is 0 Å². The van der Waals surface area contributed by atoms with Crippen molar-refractivity contribution in [2.45, 2.75) is 51.6 Å².